The third kappa shape index (κ3) is 4.74. The van der Waals surface area contributed by atoms with Crippen molar-refractivity contribution in [2.24, 2.45) is 5.16 Å². The SMILES string of the molecule is CO/N=C(\C(=O)NC1C(=O)N(S(=O)(=O)O)C1C(=O)OC)c1csc(O)n1.[NaH]. The maximum atomic E-state index is 12.3. The molecule has 1 saturated heterocycles. The van der Waals surface area contributed by atoms with Crippen LogP contribution < -0.4 is 5.32 Å². The topological polar surface area (TPSA) is 185 Å². The molecule has 2 atom stereocenters. The zero-order valence-corrected chi connectivity index (χ0v) is 14.8. The van der Waals surface area contributed by atoms with E-state index in [1.807, 2.05) is 0 Å². The van der Waals surface area contributed by atoms with Crippen LogP contribution in [0.3, 0.4) is 0 Å². The molecule has 2 unspecified atom stereocenters. The number of β-lactam (4-membered cyclic amide) rings is 1. The third-order valence-corrected chi connectivity index (χ3v) is 4.71. The third-order valence-electron chi connectivity index (χ3n) is 3.16. The minimum atomic E-state index is -5.03. The summed E-state index contributed by atoms with van der Waals surface area (Å²) in [6.45, 7) is 0. The summed E-state index contributed by atoms with van der Waals surface area (Å²) in [6, 6.07) is -3.43. The Balaban J connectivity index is 0.00000364. The number of methoxy groups -OCH3 is 1. The first kappa shape index (κ1) is 23.3. The number of rotatable bonds is 6. The monoisotopic (exact) mass is 432 g/mol. The van der Waals surface area contributed by atoms with E-state index in [-0.39, 0.29) is 44.8 Å². The van der Waals surface area contributed by atoms with Crippen LogP contribution in [-0.4, -0.2) is 107 Å². The summed E-state index contributed by atoms with van der Waals surface area (Å²) in [5.41, 5.74) is -0.523. The van der Waals surface area contributed by atoms with Crippen LogP contribution in [0.5, 0.6) is 5.19 Å². The number of hydrogen-bond acceptors (Lipinski definition) is 11. The van der Waals surface area contributed by atoms with Crippen LogP contribution in [0.2, 0.25) is 0 Å². The molecule has 3 N–H and O–H groups in total. The van der Waals surface area contributed by atoms with E-state index in [0.29, 0.717) is 0 Å². The van der Waals surface area contributed by atoms with Gasteiger partial charge in [0.2, 0.25) is 0 Å². The average molecular weight is 432 g/mol. The fraction of sp³-hybridized carbons (Fsp3) is 0.364. The number of ether oxygens (including phenoxy) is 1. The van der Waals surface area contributed by atoms with Gasteiger partial charge in [-0.05, 0) is 0 Å². The predicted octanol–water partition coefficient (Wildman–Crippen LogP) is -2.78. The normalized spacial score (nSPS) is 19.6. The Kier molecular flexibility index (Phi) is 7.70. The summed E-state index contributed by atoms with van der Waals surface area (Å²) in [5, 5.41) is 15.7. The second kappa shape index (κ2) is 8.94. The van der Waals surface area contributed by atoms with Gasteiger partial charge in [0, 0.05) is 5.38 Å². The molecule has 1 aliphatic rings. The summed E-state index contributed by atoms with van der Waals surface area (Å²) in [4.78, 5) is 44.1. The molecule has 144 valence electrons. The zero-order valence-electron chi connectivity index (χ0n) is 13.1. The molecule has 13 nitrogen and oxygen atoms in total. The van der Waals surface area contributed by atoms with E-state index in [1.54, 1.807) is 0 Å². The average Bonchev–Trinajstić information content (AvgIpc) is 2.98. The molecule has 27 heavy (non-hydrogen) atoms. The molecule has 0 saturated carbocycles. The Morgan fingerprint density at radius 2 is 2.04 bits per heavy atom. The molecule has 0 bridgehead atoms. The number of nitrogens with one attached hydrogen (secondary N) is 1. The van der Waals surface area contributed by atoms with Crippen LogP contribution in [-0.2, 0) is 34.3 Å². The van der Waals surface area contributed by atoms with Gasteiger partial charge in [-0.15, -0.1) is 0 Å². The molecule has 0 aromatic carbocycles. The van der Waals surface area contributed by atoms with Gasteiger partial charge >= 0.3 is 45.8 Å². The molecule has 2 heterocycles. The maximum absolute atomic E-state index is 12.3. The number of amides is 2. The van der Waals surface area contributed by atoms with Crippen molar-refractivity contribution < 1.29 is 42.0 Å². The van der Waals surface area contributed by atoms with E-state index in [2.05, 4.69) is 25.0 Å². The fourth-order valence-corrected chi connectivity index (χ4v) is 3.46. The predicted molar refractivity (Wildman–Crippen MR) is 90.6 cm³/mol. The van der Waals surface area contributed by atoms with Crippen LogP contribution in [0.15, 0.2) is 10.5 Å². The van der Waals surface area contributed by atoms with Gasteiger partial charge in [-0.25, -0.2) is 9.78 Å². The van der Waals surface area contributed by atoms with Crippen LogP contribution in [0.25, 0.3) is 0 Å². The Hall–Kier alpha value is -1.78. The van der Waals surface area contributed by atoms with Gasteiger partial charge < -0.3 is 20.0 Å². The van der Waals surface area contributed by atoms with Crippen molar-refractivity contribution in [2.75, 3.05) is 14.2 Å². The quantitative estimate of drug-likeness (QED) is 0.106. The second-order valence-corrected chi connectivity index (χ2v) is 6.79. The molecular weight excluding hydrogens is 419 g/mol. The van der Waals surface area contributed by atoms with Gasteiger partial charge in [-0.1, -0.05) is 16.5 Å². The minimum absolute atomic E-state index is 0. The molecule has 1 aromatic rings. The molecular formula is C11H13N4NaO9S2. The van der Waals surface area contributed by atoms with Gasteiger partial charge in [-0.2, -0.15) is 12.7 Å². The Bertz CT molecular complexity index is 884. The van der Waals surface area contributed by atoms with Crippen LogP contribution in [0.4, 0.5) is 0 Å². The zero-order chi connectivity index (χ0) is 19.6. The Morgan fingerprint density at radius 3 is 2.48 bits per heavy atom. The first-order valence-electron chi connectivity index (χ1n) is 6.57. The number of carbonyl (C=O) groups excluding carboxylic acids is 3. The number of aromatic hydroxyl groups is 1. The molecule has 0 aliphatic carbocycles. The molecule has 16 heteroatoms. The number of thiazole rings is 1. The molecule has 0 spiro atoms. The molecule has 1 aliphatic heterocycles. The van der Waals surface area contributed by atoms with Crippen molar-refractivity contribution in [3.8, 4) is 5.19 Å². The van der Waals surface area contributed by atoms with E-state index < -0.39 is 45.9 Å². The van der Waals surface area contributed by atoms with E-state index >= 15 is 0 Å². The molecule has 2 amide bonds. The first-order chi connectivity index (χ1) is 12.1. The van der Waals surface area contributed by atoms with Crippen molar-refractivity contribution in [2.45, 2.75) is 12.1 Å². The number of aromatic nitrogens is 1. The number of esters is 1. The van der Waals surface area contributed by atoms with E-state index in [9.17, 15) is 27.9 Å². The fourth-order valence-electron chi connectivity index (χ4n) is 2.09. The van der Waals surface area contributed by atoms with Gasteiger partial charge in [-0.3, -0.25) is 14.1 Å². The number of oxime groups is 1. The van der Waals surface area contributed by atoms with E-state index in [4.69, 9.17) is 4.55 Å². The number of nitrogens with zero attached hydrogens (tertiary/aromatic N) is 3. The van der Waals surface area contributed by atoms with Gasteiger partial charge in [0.1, 0.15) is 18.8 Å². The standard InChI is InChI=1S/C11H12N4O9S2.Na.H/c1-23-10(18)7-6(9(17)15(7)26(20,21)22)13-8(16)5(14-24-2)4-3-25-11(19)12-4;;/h3,6-7H,1-2H3,(H,12,19)(H,13,16)(H,20,21,22);;/b14-5-;;. The number of hydrogen-bond donors (Lipinski definition) is 3. The summed E-state index contributed by atoms with van der Waals surface area (Å²) in [5.74, 6) is -3.47. The Morgan fingerprint density at radius 1 is 1.41 bits per heavy atom. The van der Waals surface area contributed by atoms with Crippen molar-refractivity contribution in [3.05, 3.63) is 11.1 Å². The van der Waals surface area contributed by atoms with Gasteiger partial charge in [0.15, 0.2) is 11.8 Å². The number of carbonyl (C=O) groups is 3. The van der Waals surface area contributed by atoms with Crippen molar-refractivity contribution in [1.82, 2.24) is 14.6 Å². The molecule has 1 fully saturated rings. The molecule has 0 radical (unpaired) electrons. The first-order valence-corrected chi connectivity index (χ1v) is 8.84. The van der Waals surface area contributed by atoms with Gasteiger partial charge in [0.05, 0.1) is 7.11 Å². The van der Waals surface area contributed by atoms with Crippen molar-refractivity contribution in [1.29, 1.82) is 0 Å². The summed E-state index contributed by atoms with van der Waals surface area (Å²) in [7, 11) is -2.97. The summed E-state index contributed by atoms with van der Waals surface area (Å²) < 4.78 is 35.7. The van der Waals surface area contributed by atoms with Crippen LogP contribution in [0, 0.1) is 0 Å². The van der Waals surface area contributed by atoms with Crippen LogP contribution >= 0.6 is 11.3 Å². The van der Waals surface area contributed by atoms with Gasteiger partial charge in [0.25, 0.3) is 17.0 Å². The molecule has 1 aromatic heterocycles. The summed E-state index contributed by atoms with van der Waals surface area (Å²) in [6.07, 6.45) is 0. The molecule has 2 rings (SSSR count). The van der Waals surface area contributed by atoms with E-state index in [1.165, 1.54) is 5.38 Å². The van der Waals surface area contributed by atoms with Crippen molar-refractivity contribution >= 4 is 74.7 Å². The van der Waals surface area contributed by atoms with E-state index in [0.717, 1.165) is 25.6 Å². The Labute approximate surface area is 178 Å². The van der Waals surface area contributed by atoms with Crippen molar-refractivity contribution in [3.63, 3.8) is 0 Å². The van der Waals surface area contributed by atoms with Crippen LogP contribution in [0.1, 0.15) is 5.69 Å². The second-order valence-electron chi connectivity index (χ2n) is 4.67. The summed E-state index contributed by atoms with van der Waals surface area (Å²) >= 11 is 0.794.